The van der Waals surface area contributed by atoms with Crippen molar-refractivity contribution in [3.8, 4) is 0 Å². The molecule has 6 rings (SSSR count). The quantitative estimate of drug-likeness (QED) is 0.347. The number of hydrogen-bond donors (Lipinski definition) is 1. The minimum absolute atomic E-state index is 0.0571. The number of benzene rings is 2. The van der Waals surface area contributed by atoms with E-state index in [1.54, 1.807) is 29.2 Å². The van der Waals surface area contributed by atoms with Crippen LogP contribution >= 0.6 is 0 Å². The normalized spacial score (nSPS) is 20.1. The molecule has 8 heteroatoms. The predicted octanol–water partition coefficient (Wildman–Crippen LogP) is 4.72. The van der Waals surface area contributed by atoms with Gasteiger partial charge < -0.3 is 5.11 Å². The first-order chi connectivity index (χ1) is 19.5. The van der Waals surface area contributed by atoms with E-state index in [1.807, 2.05) is 42.6 Å². The van der Waals surface area contributed by atoms with Crippen LogP contribution in [0.3, 0.4) is 0 Å². The van der Waals surface area contributed by atoms with Crippen molar-refractivity contribution in [1.82, 2.24) is 19.7 Å². The van der Waals surface area contributed by atoms with Crippen molar-refractivity contribution in [2.75, 3.05) is 19.6 Å². The molecular weight excluding hydrogens is 504 g/mol. The molecule has 2 atom stereocenters. The van der Waals surface area contributed by atoms with Crippen LogP contribution < -0.4 is 0 Å². The van der Waals surface area contributed by atoms with Gasteiger partial charge in [-0.05, 0) is 60.6 Å². The molecule has 1 aromatic heterocycles. The van der Waals surface area contributed by atoms with Crippen molar-refractivity contribution in [1.29, 1.82) is 0 Å². The Morgan fingerprint density at radius 1 is 0.950 bits per heavy atom. The first-order valence-corrected chi connectivity index (χ1v) is 13.9. The smallest absolute Gasteiger partial charge is 0.407 e. The Morgan fingerprint density at radius 2 is 1.65 bits per heavy atom. The average Bonchev–Trinajstić information content (AvgIpc) is 3.22. The summed E-state index contributed by atoms with van der Waals surface area (Å²) >= 11 is 0. The highest BCUT2D eigenvalue weighted by Crippen LogP contribution is 2.34. The van der Waals surface area contributed by atoms with Gasteiger partial charge in [0.15, 0.2) is 0 Å². The lowest BCUT2D eigenvalue weighted by Crippen LogP contribution is -2.50. The monoisotopic (exact) mass is 536 g/mol. The lowest BCUT2D eigenvalue weighted by Gasteiger charge is -2.41. The van der Waals surface area contributed by atoms with Gasteiger partial charge in [-0.25, -0.2) is 4.79 Å². The van der Waals surface area contributed by atoms with E-state index in [0.717, 1.165) is 30.5 Å². The molecule has 0 saturated carbocycles. The van der Waals surface area contributed by atoms with E-state index in [9.17, 15) is 19.5 Å². The second kappa shape index (κ2) is 11.1. The molecule has 0 saturated heterocycles. The molecule has 0 spiro atoms. The van der Waals surface area contributed by atoms with Crippen LogP contribution in [-0.4, -0.2) is 68.4 Å². The second-order valence-electron chi connectivity index (χ2n) is 10.7. The van der Waals surface area contributed by atoms with Crippen molar-refractivity contribution < 1.29 is 19.5 Å². The van der Waals surface area contributed by atoms with Gasteiger partial charge in [0.25, 0.3) is 11.8 Å². The molecule has 3 amide bonds. The number of imide groups is 1. The third kappa shape index (κ3) is 4.91. The lowest BCUT2D eigenvalue weighted by atomic mass is 9.89. The Balaban J connectivity index is 1.23. The van der Waals surface area contributed by atoms with Gasteiger partial charge >= 0.3 is 6.09 Å². The molecule has 3 heterocycles. The summed E-state index contributed by atoms with van der Waals surface area (Å²) in [6, 6.07) is 18.9. The molecule has 204 valence electrons. The fraction of sp³-hybridized carbons (Fsp3) is 0.312. The number of carbonyl (C=O) groups excluding carboxylic acids is 2. The average molecular weight is 537 g/mol. The number of fused-ring (bicyclic) bond motifs is 3. The number of aromatic nitrogens is 1. The Hall–Kier alpha value is -4.30. The van der Waals surface area contributed by atoms with Crippen molar-refractivity contribution in [3.63, 3.8) is 0 Å². The summed E-state index contributed by atoms with van der Waals surface area (Å²) in [6.45, 7) is 1.67. The van der Waals surface area contributed by atoms with Gasteiger partial charge in [-0.3, -0.25) is 29.3 Å². The molecule has 1 N–H and O–H groups in total. The molecule has 2 aliphatic heterocycles. The van der Waals surface area contributed by atoms with E-state index >= 15 is 0 Å². The van der Waals surface area contributed by atoms with Crippen LogP contribution in [0.1, 0.15) is 62.0 Å². The summed E-state index contributed by atoms with van der Waals surface area (Å²) in [4.78, 5) is 47.7. The van der Waals surface area contributed by atoms with Crippen LogP contribution in [0, 0.1) is 0 Å². The standard InChI is InChI=1S/C32H32N4O4/c37-30-26-13-3-4-14-27(26)31(38)35(30)18-6-5-17-34(28-15-7-11-22-12-8-16-33-29(22)28)21-25-19-23-9-1-2-10-24(23)20-36(25)32(39)40/h1-6,8-10,12-14,16,25,28H,7,11,15,17-21H2,(H,39,40)/b6-5+/t25?,28-/m0/s1. The topological polar surface area (TPSA) is 94.1 Å². The van der Waals surface area contributed by atoms with E-state index in [2.05, 4.69) is 17.0 Å². The van der Waals surface area contributed by atoms with Crippen LogP contribution in [0.15, 0.2) is 79.0 Å². The minimum Gasteiger partial charge on any atom is -0.465 e. The highest BCUT2D eigenvalue weighted by Gasteiger charge is 2.36. The van der Waals surface area contributed by atoms with Crippen molar-refractivity contribution in [3.05, 3.63) is 113 Å². The molecule has 8 nitrogen and oxygen atoms in total. The Morgan fingerprint density at radius 3 is 2.40 bits per heavy atom. The number of carbonyl (C=O) groups is 3. The van der Waals surface area contributed by atoms with E-state index in [-0.39, 0.29) is 30.4 Å². The van der Waals surface area contributed by atoms with Crippen LogP contribution in [0.25, 0.3) is 0 Å². The Labute approximate surface area is 233 Å². The molecule has 0 bridgehead atoms. The lowest BCUT2D eigenvalue weighted by molar-refractivity contribution is 0.0671. The maximum absolute atomic E-state index is 12.8. The molecule has 3 aliphatic rings. The van der Waals surface area contributed by atoms with Gasteiger partial charge in [-0.2, -0.15) is 0 Å². The van der Waals surface area contributed by atoms with Gasteiger partial charge in [-0.1, -0.05) is 54.6 Å². The second-order valence-corrected chi connectivity index (χ2v) is 10.7. The van der Waals surface area contributed by atoms with Crippen LogP contribution in [0.5, 0.6) is 0 Å². The predicted molar refractivity (Wildman–Crippen MR) is 150 cm³/mol. The van der Waals surface area contributed by atoms with Crippen LogP contribution in [0.4, 0.5) is 4.79 Å². The zero-order chi connectivity index (χ0) is 27.6. The molecule has 1 aliphatic carbocycles. The molecule has 2 aromatic carbocycles. The molecule has 0 radical (unpaired) electrons. The molecule has 0 fully saturated rings. The maximum atomic E-state index is 12.8. The number of nitrogens with zero attached hydrogens (tertiary/aromatic N) is 4. The van der Waals surface area contributed by atoms with Crippen LogP contribution in [0.2, 0.25) is 0 Å². The van der Waals surface area contributed by atoms with Gasteiger partial charge in [0.1, 0.15) is 0 Å². The van der Waals surface area contributed by atoms with E-state index < -0.39 is 6.09 Å². The number of hydrogen-bond acceptors (Lipinski definition) is 5. The third-order valence-electron chi connectivity index (χ3n) is 8.33. The van der Waals surface area contributed by atoms with Gasteiger partial charge in [0.05, 0.1) is 28.9 Å². The van der Waals surface area contributed by atoms with Crippen molar-refractivity contribution >= 4 is 17.9 Å². The van der Waals surface area contributed by atoms with Gasteiger partial charge in [0.2, 0.25) is 0 Å². The van der Waals surface area contributed by atoms with E-state index in [4.69, 9.17) is 4.98 Å². The zero-order valence-electron chi connectivity index (χ0n) is 22.3. The fourth-order valence-electron chi connectivity index (χ4n) is 6.31. The largest absolute Gasteiger partial charge is 0.465 e. The third-order valence-corrected chi connectivity index (χ3v) is 8.33. The van der Waals surface area contributed by atoms with E-state index in [1.165, 1.54) is 16.0 Å². The number of carboxylic acid groups (broad SMARTS) is 1. The highest BCUT2D eigenvalue weighted by molar-refractivity contribution is 6.21. The Bertz CT molecular complexity index is 1450. The van der Waals surface area contributed by atoms with Crippen molar-refractivity contribution in [2.45, 2.75) is 44.3 Å². The zero-order valence-corrected chi connectivity index (χ0v) is 22.3. The summed E-state index contributed by atoms with van der Waals surface area (Å²) in [6.07, 6.45) is 8.38. The molecular formula is C32H32N4O4. The number of rotatable bonds is 7. The molecule has 3 aromatic rings. The summed E-state index contributed by atoms with van der Waals surface area (Å²) in [5.41, 5.74) is 5.42. The summed E-state index contributed by atoms with van der Waals surface area (Å²) in [5.74, 6) is -0.545. The fourth-order valence-corrected chi connectivity index (χ4v) is 6.31. The number of amides is 3. The first-order valence-electron chi connectivity index (χ1n) is 13.9. The maximum Gasteiger partial charge on any atom is 0.407 e. The minimum atomic E-state index is -0.914. The highest BCUT2D eigenvalue weighted by atomic mass is 16.4. The number of pyridine rings is 1. The summed E-state index contributed by atoms with van der Waals surface area (Å²) in [7, 11) is 0. The first kappa shape index (κ1) is 26.0. The van der Waals surface area contributed by atoms with Gasteiger partial charge in [-0.15, -0.1) is 0 Å². The molecule has 1 unspecified atom stereocenters. The van der Waals surface area contributed by atoms with Crippen LogP contribution in [-0.2, 0) is 19.4 Å². The number of aryl methyl sites for hydroxylation is 1. The summed E-state index contributed by atoms with van der Waals surface area (Å²) < 4.78 is 0. The SMILES string of the molecule is O=C1c2ccccc2C(=O)N1C/C=C/CN(CC1Cc2ccccc2CN1C(=O)O)[C@H]1CCCc2cccnc21. The van der Waals surface area contributed by atoms with Gasteiger partial charge in [0, 0.05) is 32.4 Å². The Kier molecular flexibility index (Phi) is 7.17. The summed E-state index contributed by atoms with van der Waals surface area (Å²) in [5, 5.41) is 10.1. The van der Waals surface area contributed by atoms with Crippen molar-refractivity contribution in [2.24, 2.45) is 0 Å². The molecule has 40 heavy (non-hydrogen) atoms. The van der Waals surface area contributed by atoms with E-state index in [0.29, 0.717) is 37.2 Å².